The number of pyridine rings is 1. The number of nitrogen functional groups attached to an aromatic ring is 1. The molecule has 18 heavy (non-hydrogen) atoms. The Kier molecular flexibility index (Phi) is 3.95. The minimum atomic E-state index is 0.102. The molecule has 1 aromatic carbocycles. The van der Waals surface area contributed by atoms with Crippen molar-refractivity contribution in [3.63, 3.8) is 0 Å². The molecule has 1 heterocycles. The lowest BCUT2D eigenvalue weighted by molar-refractivity contribution is 0.627. The van der Waals surface area contributed by atoms with Crippen molar-refractivity contribution in [2.24, 2.45) is 0 Å². The number of benzene rings is 1. The first kappa shape index (κ1) is 12.6. The maximum Gasteiger partial charge on any atom is 0.128 e. The summed E-state index contributed by atoms with van der Waals surface area (Å²) in [5, 5.41) is 3.48. The van der Waals surface area contributed by atoms with Gasteiger partial charge in [-0.15, -0.1) is 0 Å². The SMILES string of the molecule is CCNC(c1ccccc1)c1c(C)ccnc1N. The summed E-state index contributed by atoms with van der Waals surface area (Å²) in [5.74, 6) is 0.602. The van der Waals surface area contributed by atoms with E-state index in [0.29, 0.717) is 5.82 Å². The Labute approximate surface area is 108 Å². The van der Waals surface area contributed by atoms with Crippen LogP contribution >= 0.6 is 0 Å². The molecule has 1 unspecified atom stereocenters. The van der Waals surface area contributed by atoms with E-state index in [1.54, 1.807) is 6.20 Å². The molecule has 2 aromatic rings. The zero-order valence-corrected chi connectivity index (χ0v) is 10.9. The molecule has 0 spiro atoms. The monoisotopic (exact) mass is 241 g/mol. The van der Waals surface area contributed by atoms with Crippen LogP contribution in [0.4, 0.5) is 5.82 Å². The van der Waals surface area contributed by atoms with Crippen LogP contribution in [-0.4, -0.2) is 11.5 Å². The van der Waals surface area contributed by atoms with E-state index in [1.807, 2.05) is 24.3 Å². The molecule has 0 saturated carbocycles. The predicted molar refractivity (Wildman–Crippen MR) is 75.3 cm³/mol. The number of aromatic nitrogens is 1. The fourth-order valence-electron chi connectivity index (χ4n) is 2.20. The van der Waals surface area contributed by atoms with Gasteiger partial charge in [-0.1, -0.05) is 37.3 Å². The highest BCUT2D eigenvalue weighted by atomic mass is 14.9. The molecule has 0 aliphatic rings. The number of nitrogens with one attached hydrogen (secondary N) is 1. The van der Waals surface area contributed by atoms with Crippen LogP contribution in [0.3, 0.4) is 0 Å². The molecule has 3 N–H and O–H groups in total. The van der Waals surface area contributed by atoms with Gasteiger partial charge in [0.1, 0.15) is 5.82 Å². The molecule has 1 aromatic heterocycles. The van der Waals surface area contributed by atoms with Crippen molar-refractivity contribution in [1.82, 2.24) is 10.3 Å². The summed E-state index contributed by atoms with van der Waals surface area (Å²) in [4.78, 5) is 4.21. The van der Waals surface area contributed by atoms with Crippen molar-refractivity contribution >= 4 is 5.82 Å². The molecule has 0 bridgehead atoms. The number of rotatable bonds is 4. The molecule has 1 atom stereocenters. The van der Waals surface area contributed by atoms with Crippen molar-refractivity contribution in [1.29, 1.82) is 0 Å². The highest BCUT2D eigenvalue weighted by Gasteiger charge is 2.18. The number of nitrogens with two attached hydrogens (primary N) is 1. The summed E-state index contributed by atoms with van der Waals surface area (Å²) in [6, 6.07) is 12.4. The van der Waals surface area contributed by atoms with Crippen molar-refractivity contribution < 1.29 is 0 Å². The Morgan fingerprint density at radius 1 is 1.22 bits per heavy atom. The quantitative estimate of drug-likeness (QED) is 0.865. The highest BCUT2D eigenvalue weighted by Crippen LogP contribution is 2.28. The molecule has 0 radical (unpaired) electrons. The average molecular weight is 241 g/mol. The molecular weight excluding hydrogens is 222 g/mol. The maximum absolute atomic E-state index is 6.04. The Bertz CT molecular complexity index is 488. The molecule has 0 amide bonds. The Morgan fingerprint density at radius 2 is 1.94 bits per heavy atom. The minimum absolute atomic E-state index is 0.102. The largest absolute Gasteiger partial charge is 0.383 e. The van der Waals surface area contributed by atoms with Gasteiger partial charge in [-0.25, -0.2) is 4.98 Å². The van der Waals surface area contributed by atoms with Crippen molar-refractivity contribution in [3.05, 3.63) is 59.3 Å². The third-order valence-electron chi connectivity index (χ3n) is 3.07. The van der Waals surface area contributed by atoms with Crippen LogP contribution in [0.25, 0.3) is 0 Å². The van der Waals surface area contributed by atoms with E-state index in [9.17, 15) is 0 Å². The van der Waals surface area contributed by atoms with Gasteiger partial charge in [-0.05, 0) is 30.7 Å². The first-order valence-electron chi connectivity index (χ1n) is 6.23. The molecular formula is C15H19N3. The van der Waals surface area contributed by atoms with Gasteiger partial charge in [-0.2, -0.15) is 0 Å². The van der Waals surface area contributed by atoms with E-state index in [1.165, 1.54) is 5.56 Å². The average Bonchev–Trinajstić information content (AvgIpc) is 2.38. The lowest BCUT2D eigenvalue weighted by atomic mass is 9.95. The summed E-state index contributed by atoms with van der Waals surface area (Å²) in [5.41, 5.74) is 9.49. The normalized spacial score (nSPS) is 12.3. The second kappa shape index (κ2) is 5.65. The summed E-state index contributed by atoms with van der Waals surface area (Å²) in [7, 11) is 0. The van der Waals surface area contributed by atoms with Gasteiger partial charge in [-0.3, -0.25) is 0 Å². The predicted octanol–water partition coefficient (Wildman–Crippen LogP) is 2.67. The maximum atomic E-state index is 6.04. The van der Waals surface area contributed by atoms with Gasteiger partial charge in [0.15, 0.2) is 0 Å². The van der Waals surface area contributed by atoms with Crippen molar-refractivity contribution in [3.8, 4) is 0 Å². The van der Waals surface area contributed by atoms with Crippen LogP contribution in [0.2, 0.25) is 0 Å². The Hall–Kier alpha value is -1.87. The minimum Gasteiger partial charge on any atom is -0.383 e. The van der Waals surface area contributed by atoms with Gasteiger partial charge < -0.3 is 11.1 Å². The van der Waals surface area contributed by atoms with E-state index >= 15 is 0 Å². The highest BCUT2D eigenvalue weighted by molar-refractivity contribution is 5.49. The molecule has 2 rings (SSSR count). The van der Waals surface area contributed by atoms with Crippen LogP contribution in [0.5, 0.6) is 0 Å². The summed E-state index contributed by atoms with van der Waals surface area (Å²) in [6.45, 7) is 5.05. The number of hydrogen-bond donors (Lipinski definition) is 2. The Balaban J connectivity index is 2.48. The molecule has 94 valence electrons. The van der Waals surface area contributed by atoms with Crippen LogP contribution in [0.1, 0.15) is 29.7 Å². The van der Waals surface area contributed by atoms with Gasteiger partial charge in [0.25, 0.3) is 0 Å². The number of nitrogens with zero attached hydrogens (tertiary/aromatic N) is 1. The van der Waals surface area contributed by atoms with Crippen LogP contribution in [-0.2, 0) is 0 Å². The smallest absolute Gasteiger partial charge is 0.128 e. The molecule has 3 nitrogen and oxygen atoms in total. The first-order chi connectivity index (χ1) is 8.74. The van der Waals surface area contributed by atoms with Crippen LogP contribution in [0, 0.1) is 6.92 Å². The van der Waals surface area contributed by atoms with Gasteiger partial charge in [0.05, 0.1) is 6.04 Å². The first-order valence-corrected chi connectivity index (χ1v) is 6.23. The van der Waals surface area contributed by atoms with Gasteiger partial charge >= 0.3 is 0 Å². The second-order valence-electron chi connectivity index (χ2n) is 4.33. The number of anilines is 1. The zero-order valence-electron chi connectivity index (χ0n) is 10.9. The van der Waals surface area contributed by atoms with Crippen molar-refractivity contribution in [2.75, 3.05) is 12.3 Å². The molecule has 3 heteroatoms. The fraction of sp³-hybridized carbons (Fsp3) is 0.267. The number of hydrogen-bond acceptors (Lipinski definition) is 3. The van der Waals surface area contributed by atoms with Crippen LogP contribution in [0.15, 0.2) is 42.6 Å². The van der Waals surface area contributed by atoms with Crippen molar-refractivity contribution in [2.45, 2.75) is 19.9 Å². The van der Waals surface area contributed by atoms with E-state index < -0.39 is 0 Å². The summed E-state index contributed by atoms with van der Waals surface area (Å²) < 4.78 is 0. The molecule has 0 aliphatic heterocycles. The molecule has 0 fully saturated rings. The topological polar surface area (TPSA) is 50.9 Å². The summed E-state index contributed by atoms with van der Waals surface area (Å²) in [6.07, 6.45) is 1.75. The molecule has 0 aliphatic carbocycles. The second-order valence-corrected chi connectivity index (χ2v) is 4.33. The fourth-order valence-corrected chi connectivity index (χ4v) is 2.20. The van der Waals surface area contributed by atoms with Gasteiger partial charge in [0, 0.05) is 11.8 Å². The lowest BCUT2D eigenvalue weighted by Crippen LogP contribution is -2.24. The number of aryl methyl sites for hydroxylation is 1. The van der Waals surface area contributed by atoms with E-state index in [2.05, 4.69) is 36.3 Å². The lowest BCUT2D eigenvalue weighted by Gasteiger charge is -2.21. The molecule has 0 saturated heterocycles. The third kappa shape index (κ3) is 2.51. The Morgan fingerprint density at radius 3 is 2.56 bits per heavy atom. The van der Waals surface area contributed by atoms with Gasteiger partial charge in [0.2, 0.25) is 0 Å². The summed E-state index contributed by atoms with van der Waals surface area (Å²) >= 11 is 0. The zero-order chi connectivity index (χ0) is 13.0. The van der Waals surface area contributed by atoms with Crippen LogP contribution < -0.4 is 11.1 Å². The van der Waals surface area contributed by atoms with E-state index in [0.717, 1.165) is 17.7 Å². The third-order valence-corrected chi connectivity index (χ3v) is 3.07. The van der Waals surface area contributed by atoms with E-state index in [-0.39, 0.29) is 6.04 Å². The van der Waals surface area contributed by atoms with E-state index in [4.69, 9.17) is 5.73 Å². The standard InChI is InChI=1S/C15H19N3/c1-3-17-14(12-7-5-4-6-8-12)13-11(2)9-10-18-15(13)16/h4-10,14,17H,3H2,1-2H3,(H2,16,18).